The number of rotatable bonds is 7. The van der Waals surface area contributed by atoms with E-state index in [4.69, 9.17) is 70.8 Å². The Balaban J connectivity index is 1.48. The highest BCUT2D eigenvalue weighted by atomic mass is 35.5. The lowest BCUT2D eigenvalue weighted by atomic mass is 10.1. The van der Waals surface area contributed by atoms with Gasteiger partial charge in [0.1, 0.15) is 11.6 Å². The average Bonchev–Trinajstić information content (AvgIpc) is 3.28. The Morgan fingerprint density at radius 2 is 1.09 bits per heavy atom. The minimum Gasteiger partial charge on any atom is -0.271 e. The number of aryl methyl sites for hydroxylation is 2. The molecule has 166 valence electrons. The Kier molecular flexibility index (Phi) is 7.39. The molecule has 0 saturated heterocycles. The Morgan fingerprint density at radius 1 is 0.688 bits per heavy atom. The molecule has 0 amide bonds. The lowest BCUT2D eigenvalue weighted by Crippen LogP contribution is -2.05. The van der Waals surface area contributed by atoms with Crippen LogP contribution in [0.25, 0.3) is 11.4 Å². The van der Waals surface area contributed by atoms with E-state index in [-0.39, 0.29) is 0 Å². The summed E-state index contributed by atoms with van der Waals surface area (Å²) in [6.07, 6.45) is 3.08. The van der Waals surface area contributed by atoms with Gasteiger partial charge in [-0.25, -0.2) is 0 Å². The zero-order chi connectivity index (χ0) is 22.8. The molecule has 0 spiro atoms. The molecule has 0 fully saturated rings. The van der Waals surface area contributed by atoms with E-state index in [0.717, 1.165) is 35.9 Å². The standard InChI is InChI=1S/C20H16Cl4N6S2/c21-11-5-7-15(13(23)9-11)29-17(25-27-19(29)31)3-1-2-4-18-26-28-20(32)30(18)16-8-6-12(22)10-14(16)24/h5-10H,1-4H2,(H,27,31)(H,28,32). The third kappa shape index (κ3) is 4.95. The van der Waals surface area contributed by atoms with E-state index in [1.54, 1.807) is 24.3 Å². The predicted octanol–water partition coefficient (Wildman–Crippen LogP) is 7.35. The summed E-state index contributed by atoms with van der Waals surface area (Å²) in [5, 5.41) is 16.6. The molecule has 0 aliphatic carbocycles. The largest absolute Gasteiger partial charge is 0.271 e. The fraction of sp³-hybridized carbons (Fsp3) is 0.200. The highest BCUT2D eigenvalue weighted by Crippen LogP contribution is 2.27. The molecule has 2 N–H and O–H groups in total. The van der Waals surface area contributed by atoms with E-state index in [0.29, 0.717) is 42.5 Å². The van der Waals surface area contributed by atoms with E-state index < -0.39 is 0 Å². The van der Waals surface area contributed by atoms with Gasteiger partial charge in [-0.3, -0.25) is 19.3 Å². The molecule has 2 heterocycles. The summed E-state index contributed by atoms with van der Waals surface area (Å²) in [6, 6.07) is 10.6. The fourth-order valence-electron chi connectivity index (χ4n) is 3.38. The summed E-state index contributed by atoms with van der Waals surface area (Å²) < 4.78 is 4.61. The first-order valence-corrected chi connectivity index (χ1v) is 11.9. The molecule has 0 aliphatic rings. The van der Waals surface area contributed by atoms with Crippen LogP contribution in [0.15, 0.2) is 36.4 Å². The maximum atomic E-state index is 6.37. The second-order valence-corrected chi connectivity index (χ2v) is 9.42. The highest BCUT2D eigenvalue weighted by molar-refractivity contribution is 7.71. The van der Waals surface area contributed by atoms with Crippen molar-refractivity contribution >= 4 is 70.8 Å². The van der Waals surface area contributed by atoms with Gasteiger partial charge in [-0.15, -0.1) is 0 Å². The van der Waals surface area contributed by atoms with Gasteiger partial charge in [-0.1, -0.05) is 46.4 Å². The van der Waals surface area contributed by atoms with Crippen molar-refractivity contribution in [3.8, 4) is 11.4 Å². The molecular weight excluding hydrogens is 530 g/mol. The van der Waals surface area contributed by atoms with Crippen molar-refractivity contribution in [2.45, 2.75) is 25.7 Å². The number of halogens is 4. The smallest absolute Gasteiger partial charge is 0.199 e. The van der Waals surface area contributed by atoms with Crippen molar-refractivity contribution in [2.24, 2.45) is 0 Å². The van der Waals surface area contributed by atoms with Gasteiger partial charge in [0.2, 0.25) is 0 Å². The van der Waals surface area contributed by atoms with Crippen LogP contribution in [0.4, 0.5) is 0 Å². The van der Waals surface area contributed by atoms with E-state index in [2.05, 4.69) is 20.4 Å². The Hall–Kier alpha value is -1.68. The molecule has 2 aromatic carbocycles. The van der Waals surface area contributed by atoms with Crippen LogP contribution in [0.5, 0.6) is 0 Å². The number of nitrogens with zero attached hydrogens (tertiary/aromatic N) is 4. The van der Waals surface area contributed by atoms with Crippen LogP contribution >= 0.6 is 70.8 Å². The van der Waals surface area contributed by atoms with E-state index in [9.17, 15) is 0 Å². The SMILES string of the molecule is S=c1[nH]nc(CCCCc2n[nH]c(=S)n2-c2ccc(Cl)cc2Cl)n1-c1ccc(Cl)cc1Cl. The van der Waals surface area contributed by atoms with Crippen molar-refractivity contribution in [1.82, 2.24) is 29.5 Å². The number of H-pyrrole nitrogens is 2. The molecular formula is C20H16Cl4N6S2. The van der Waals surface area contributed by atoms with Crippen LogP contribution in [0, 0.1) is 9.54 Å². The number of hydrogen-bond acceptors (Lipinski definition) is 4. The quantitative estimate of drug-likeness (QED) is 0.188. The Bertz CT molecular complexity index is 1280. The molecule has 0 atom stereocenters. The maximum absolute atomic E-state index is 6.37. The first kappa shape index (κ1) is 23.5. The first-order chi connectivity index (χ1) is 15.3. The summed E-state index contributed by atoms with van der Waals surface area (Å²) >= 11 is 35.6. The maximum Gasteiger partial charge on any atom is 0.199 e. The number of aromatic nitrogens is 6. The molecule has 2 aromatic heterocycles. The first-order valence-electron chi connectivity index (χ1n) is 9.58. The lowest BCUT2D eigenvalue weighted by molar-refractivity contribution is 0.670. The van der Waals surface area contributed by atoms with Crippen molar-refractivity contribution in [3.05, 3.63) is 77.7 Å². The Labute approximate surface area is 214 Å². The molecule has 12 heteroatoms. The summed E-state index contributed by atoms with van der Waals surface area (Å²) in [6.45, 7) is 0. The summed E-state index contributed by atoms with van der Waals surface area (Å²) in [5.41, 5.74) is 1.48. The van der Waals surface area contributed by atoms with Gasteiger partial charge in [-0.2, -0.15) is 10.2 Å². The molecule has 0 unspecified atom stereocenters. The molecule has 4 aromatic rings. The molecule has 32 heavy (non-hydrogen) atoms. The van der Waals surface area contributed by atoms with E-state index in [1.807, 2.05) is 21.3 Å². The van der Waals surface area contributed by atoms with Gasteiger partial charge < -0.3 is 0 Å². The normalized spacial score (nSPS) is 11.2. The number of benzene rings is 2. The summed E-state index contributed by atoms with van der Waals surface area (Å²) in [5.74, 6) is 1.58. The summed E-state index contributed by atoms with van der Waals surface area (Å²) in [7, 11) is 0. The second-order valence-electron chi connectivity index (χ2n) is 6.96. The predicted molar refractivity (Wildman–Crippen MR) is 134 cm³/mol. The molecule has 0 saturated carbocycles. The number of hydrogen-bond donors (Lipinski definition) is 2. The van der Waals surface area contributed by atoms with Gasteiger partial charge in [0.05, 0.1) is 21.4 Å². The van der Waals surface area contributed by atoms with Crippen LogP contribution in [0.1, 0.15) is 24.5 Å². The zero-order valence-electron chi connectivity index (χ0n) is 16.4. The molecule has 0 aliphatic heterocycles. The van der Waals surface area contributed by atoms with Crippen molar-refractivity contribution in [2.75, 3.05) is 0 Å². The molecule has 0 bridgehead atoms. The van der Waals surface area contributed by atoms with Crippen LogP contribution in [0.2, 0.25) is 20.1 Å². The minimum atomic E-state index is 0.475. The third-order valence-corrected chi connectivity index (χ3v) is 6.46. The van der Waals surface area contributed by atoms with Crippen molar-refractivity contribution in [3.63, 3.8) is 0 Å². The monoisotopic (exact) mass is 544 g/mol. The van der Waals surface area contributed by atoms with Gasteiger partial charge in [0.15, 0.2) is 9.54 Å². The van der Waals surface area contributed by atoms with Crippen LogP contribution in [0.3, 0.4) is 0 Å². The second kappa shape index (κ2) is 10.1. The molecule has 6 nitrogen and oxygen atoms in total. The van der Waals surface area contributed by atoms with Crippen molar-refractivity contribution in [1.29, 1.82) is 0 Å². The van der Waals surface area contributed by atoms with Crippen LogP contribution in [-0.2, 0) is 12.8 Å². The van der Waals surface area contributed by atoms with E-state index >= 15 is 0 Å². The minimum absolute atomic E-state index is 0.475. The van der Waals surface area contributed by atoms with Gasteiger partial charge in [0, 0.05) is 22.9 Å². The number of aromatic amines is 2. The van der Waals surface area contributed by atoms with Crippen LogP contribution in [-0.4, -0.2) is 29.5 Å². The van der Waals surface area contributed by atoms with Crippen LogP contribution < -0.4 is 0 Å². The number of nitrogens with one attached hydrogen (secondary N) is 2. The molecule has 4 rings (SSSR count). The number of unbranched alkanes of at least 4 members (excludes halogenated alkanes) is 1. The third-order valence-electron chi connectivity index (χ3n) is 4.84. The van der Waals surface area contributed by atoms with Gasteiger partial charge in [-0.05, 0) is 73.7 Å². The van der Waals surface area contributed by atoms with E-state index in [1.165, 1.54) is 0 Å². The van der Waals surface area contributed by atoms with Gasteiger partial charge in [0.25, 0.3) is 0 Å². The topological polar surface area (TPSA) is 67.2 Å². The van der Waals surface area contributed by atoms with Crippen molar-refractivity contribution < 1.29 is 0 Å². The average molecular weight is 546 g/mol. The zero-order valence-corrected chi connectivity index (χ0v) is 21.1. The highest BCUT2D eigenvalue weighted by Gasteiger charge is 2.14. The Morgan fingerprint density at radius 3 is 1.47 bits per heavy atom. The summed E-state index contributed by atoms with van der Waals surface area (Å²) in [4.78, 5) is 0. The fourth-order valence-corrected chi connectivity index (χ4v) is 4.87. The molecule has 0 radical (unpaired) electrons. The van der Waals surface area contributed by atoms with Gasteiger partial charge >= 0.3 is 0 Å². The lowest BCUT2D eigenvalue weighted by Gasteiger charge is -2.10.